The number of fused-ring (bicyclic) bond motifs is 1. The molecule has 1 aromatic heterocycles. The van der Waals surface area contributed by atoms with E-state index < -0.39 is 0 Å². The molecule has 1 saturated carbocycles. The largest absolute Gasteiger partial charge is 0.358 e. The van der Waals surface area contributed by atoms with E-state index in [1.54, 1.807) is 11.3 Å². The fourth-order valence-electron chi connectivity index (χ4n) is 2.87. The molecule has 3 rings (SSSR count). The second kappa shape index (κ2) is 4.95. The fraction of sp³-hybridized carbons (Fsp3) is 0.533. The average Bonchev–Trinajstić information content (AvgIpc) is 2.73. The van der Waals surface area contributed by atoms with Crippen LogP contribution in [0, 0.1) is 5.41 Å². The van der Waals surface area contributed by atoms with E-state index in [1.807, 2.05) is 18.2 Å². The van der Waals surface area contributed by atoms with Crippen LogP contribution in [-0.2, 0) is 0 Å². The number of benzene rings is 1. The van der Waals surface area contributed by atoms with Gasteiger partial charge in [-0.05, 0) is 36.5 Å². The second-order valence-corrected chi connectivity index (χ2v) is 7.53. The van der Waals surface area contributed by atoms with Crippen molar-refractivity contribution in [2.75, 3.05) is 5.32 Å². The summed E-state index contributed by atoms with van der Waals surface area (Å²) in [6, 6.07) is 6.41. The van der Waals surface area contributed by atoms with Gasteiger partial charge in [-0.1, -0.05) is 49.6 Å². The molecule has 2 aromatic rings. The molecular weight excluding hydrogens is 276 g/mol. The highest BCUT2D eigenvalue weighted by Gasteiger charge is 2.32. The zero-order valence-corrected chi connectivity index (χ0v) is 12.9. The summed E-state index contributed by atoms with van der Waals surface area (Å²) in [4.78, 5) is 4.66. The molecule has 0 aliphatic heterocycles. The maximum atomic E-state index is 6.02. The Morgan fingerprint density at radius 3 is 3.00 bits per heavy atom. The van der Waals surface area contributed by atoms with Crippen molar-refractivity contribution in [2.45, 2.75) is 45.6 Å². The number of aromatic nitrogens is 1. The minimum Gasteiger partial charge on any atom is -0.358 e. The van der Waals surface area contributed by atoms with Crippen molar-refractivity contribution >= 4 is 38.3 Å². The molecule has 1 fully saturated rings. The van der Waals surface area contributed by atoms with Crippen LogP contribution in [0.1, 0.15) is 39.5 Å². The van der Waals surface area contributed by atoms with Gasteiger partial charge in [0.05, 0.1) is 10.2 Å². The summed E-state index contributed by atoms with van der Waals surface area (Å²) in [5, 5.41) is 5.45. The number of hydrogen-bond acceptors (Lipinski definition) is 3. The van der Waals surface area contributed by atoms with E-state index in [9.17, 15) is 0 Å². The van der Waals surface area contributed by atoms with Crippen molar-refractivity contribution in [3.63, 3.8) is 0 Å². The van der Waals surface area contributed by atoms with Crippen molar-refractivity contribution in [3.8, 4) is 0 Å². The Bertz CT molecular complexity index is 591. The molecule has 1 aromatic carbocycles. The van der Waals surface area contributed by atoms with E-state index in [0.29, 0.717) is 11.5 Å². The molecule has 1 N–H and O–H groups in total. The first-order valence-electron chi connectivity index (χ1n) is 6.87. The van der Waals surface area contributed by atoms with Gasteiger partial charge in [-0.25, -0.2) is 4.98 Å². The molecule has 0 bridgehead atoms. The van der Waals surface area contributed by atoms with Crippen LogP contribution in [0.5, 0.6) is 0 Å². The molecule has 1 aliphatic carbocycles. The molecule has 4 heteroatoms. The maximum absolute atomic E-state index is 6.02. The number of thiazole rings is 1. The predicted octanol–water partition coefficient (Wildman–Crippen LogP) is 5.33. The van der Waals surface area contributed by atoms with Gasteiger partial charge in [0.2, 0.25) is 0 Å². The lowest BCUT2D eigenvalue weighted by Gasteiger charge is -2.38. The van der Waals surface area contributed by atoms with E-state index >= 15 is 0 Å². The SMILES string of the molecule is CC1(C)CCCCC1Nc1nc2ccc(Cl)cc2s1. The summed E-state index contributed by atoms with van der Waals surface area (Å²) in [5.41, 5.74) is 1.39. The van der Waals surface area contributed by atoms with Crippen LogP contribution >= 0.6 is 22.9 Å². The van der Waals surface area contributed by atoms with Gasteiger partial charge in [0, 0.05) is 11.1 Å². The molecule has 0 radical (unpaired) electrons. The summed E-state index contributed by atoms with van der Waals surface area (Å²) in [6.45, 7) is 4.71. The molecule has 1 aliphatic rings. The first-order valence-corrected chi connectivity index (χ1v) is 8.07. The summed E-state index contributed by atoms with van der Waals surface area (Å²) < 4.78 is 1.16. The Kier molecular flexibility index (Phi) is 3.44. The third kappa shape index (κ3) is 2.72. The second-order valence-electron chi connectivity index (χ2n) is 6.06. The Morgan fingerprint density at radius 2 is 2.21 bits per heavy atom. The highest BCUT2D eigenvalue weighted by Crippen LogP contribution is 2.38. The van der Waals surface area contributed by atoms with Crippen molar-refractivity contribution in [1.82, 2.24) is 4.98 Å². The van der Waals surface area contributed by atoms with E-state index in [0.717, 1.165) is 20.4 Å². The number of nitrogens with zero attached hydrogens (tertiary/aromatic N) is 1. The first kappa shape index (κ1) is 13.2. The Balaban J connectivity index is 1.84. The standard InChI is InChI=1S/C15H19ClN2S/c1-15(2)8-4-3-5-13(15)18-14-17-11-7-6-10(16)9-12(11)19-14/h6-7,9,13H,3-5,8H2,1-2H3,(H,17,18). The maximum Gasteiger partial charge on any atom is 0.184 e. The molecule has 2 nitrogen and oxygen atoms in total. The molecule has 19 heavy (non-hydrogen) atoms. The Morgan fingerprint density at radius 1 is 1.37 bits per heavy atom. The van der Waals surface area contributed by atoms with Gasteiger partial charge >= 0.3 is 0 Å². The predicted molar refractivity (Wildman–Crippen MR) is 84.3 cm³/mol. The van der Waals surface area contributed by atoms with Gasteiger partial charge in [0.1, 0.15) is 0 Å². The van der Waals surface area contributed by atoms with Gasteiger partial charge in [-0.2, -0.15) is 0 Å². The third-order valence-corrected chi connectivity index (χ3v) is 5.34. The zero-order valence-electron chi connectivity index (χ0n) is 11.4. The molecule has 0 saturated heterocycles. The van der Waals surface area contributed by atoms with Crippen LogP contribution in [0.15, 0.2) is 18.2 Å². The van der Waals surface area contributed by atoms with Gasteiger partial charge < -0.3 is 5.32 Å². The molecule has 1 atom stereocenters. The minimum atomic E-state index is 0.355. The molecule has 0 spiro atoms. The van der Waals surface area contributed by atoms with E-state index in [2.05, 4.69) is 24.1 Å². The minimum absolute atomic E-state index is 0.355. The molecule has 102 valence electrons. The van der Waals surface area contributed by atoms with E-state index in [4.69, 9.17) is 11.6 Å². The highest BCUT2D eigenvalue weighted by molar-refractivity contribution is 7.22. The van der Waals surface area contributed by atoms with Gasteiger partial charge in [0.25, 0.3) is 0 Å². The monoisotopic (exact) mass is 294 g/mol. The quantitative estimate of drug-likeness (QED) is 0.809. The highest BCUT2D eigenvalue weighted by atomic mass is 35.5. The Hall–Kier alpha value is -0.800. The summed E-state index contributed by atoms with van der Waals surface area (Å²) in [6.07, 6.45) is 5.20. The van der Waals surface area contributed by atoms with Crippen molar-refractivity contribution in [1.29, 1.82) is 0 Å². The van der Waals surface area contributed by atoms with E-state index in [1.165, 1.54) is 25.7 Å². The topological polar surface area (TPSA) is 24.9 Å². The van der Waals surface area contributed by atoms with Crippen LogP contribution in [0.4, 0.5) is 5.13 Å². The molecule has 1 unspecified atom stereocenters. The number of halogens is 1. The third-order valence-electron chi connectivity index (χ3n) is 4.16. The normalized spacial score (nSPS) is 22.6. The first-order chi connectivity index (χ1) is 9.04. The number of anilines is 1. The Labute approximate surface area is 123 Å². The molecule has 0 amide bonds. The lowest BCUT2D eigenvalue weighted by molar-refractivity contribution is 0.217. The van der Waals surface area contributed by atoms with Gasteiger partial charge in [-0.3, -0.25) is 0 Å². The average molecular weight is 295 g/mol. The van der Waals surface area contributed by atoms with E-state index in [-0.39, 0.29) is 0 Å². The number of hydrogen-bond donors (Lipinski definition) is 1. The van der Waals surface area contributed by atoms with Crippen LogP contribution in [-0.4, -0.2) is 11.0 Å². The van der Waals surface area contributed by atoms with Crippen LogP contribution in [0.3, 0.4) is 0 Å². The van der Waals surface area contributed by atoms with Crippen LogP contribution in [0.25, 0.3) is 10.2 Å². The van der Waals surface area contributed by atoms with Crippen molar-refractivity contribution < 1.29 is 0 Å². The van der Waals surface area contributed by atoms with Gasteiger partial charge in [-0.15, -0.1) is 0 Å². The van der Waals surface area contributed by atoms with Crippen molar-refractivity contribution in [3.05, 3.63) is 23.2 Å². The molecule has 1 heterocycles. The van der Waals surface area contributed by atoms with Crippen LogP contribution in [0.2, 0.25) is 5.02 Å². The fourth-order valence-corrected chi connectivity index (χ4v) is 4.07. The summed E-state index contributed by atoms with van der Waals surface area (Å²) >= 11 is 7.72. The summed E-state index contributed by atoms with van der Waals surface area (Å²) in [5.74, 6) is 0. The van der Waals surface area contributed by atoms with Gasteiger partial charge in [0.15, 0.2) is 5.13 Å². The van der Waals surface area contributed by atoms with Crippen LogP contribution < -0.4 is 5.32 Å². The number of nitrogens with one attached hydrogen (secondary N) is 1. The smallest absolute Gasteiger partial charge is 0.184 e. The zero-order chi connectivity index (χ0) is 13.5. The lowest BCUT2D eigenvalue weighted by Crippen LogP contribution is -2.38. The molecular formula is C15H19ClN2S. The summed E-state index contributed by atoms with van der Waals surface area (Å²) in [7, 11) is 0. The van der Waals surface area contributed by atoms with Crippen molar-refractivity contribution in [2.24, 2.45) is 5.41 Å². The number of rotatable bonds is 2. The lowest BCUT2D eigenvalue weighted by atomic mass is 9.73.